The molecule has 1 aromatic heterocycles. The quantitative estimate of drug-likeness (QED) is 0.637. The summed E-state index contributed by atoms with van der Waals surface area (Å²) in [6.45, 7) is 2.07. The fourth-order valence-electron chi connectivity index (χ4n) is 1.74. The highest BCUT2D eigenvalue weighted by Crippen LogP contribution is 2.37. The molecular weight excluding hydrogens is 308 g/mol. The number of hydrogen-bond donors (Lipinski definition) is 0. The lowest BCUT2D eigenvalue weighted by Gasteiger charge is -2.11. The number of carbonyl (C=O) groups excluding carboxylic acids is 1. The second-order valence-electron chi connectivity index (χ2n) is 3.81. The highest BCUT2D eigenvalue weighted by Gasteiger charge is 2.19. The smallest absolute Gasteiger partial charge is 0.356 e. The first kappa shape index (κ1) is 14.8. The zero-order valence-corrected chi connectivity index (χ0v) is 12.2. The van der Waals surface area contributed by atoms with Crippen molar-refractivity contribution in [2.45, 2.75) is 6.92 Å². The summed E-state index contributed by atoms with van der Waals surface area (Å²) < 4.78 is 23.8. The number of pyridine rings is 1. The van der Waals surface area contributed by atoms with Gasteiger partial charge in [0.25, 0.3) is 0 Å². The van der Waals surface area contributed by atoms with E-state index in [0.717, 1.165) is 0 Å². The summed E-state index contributed by atoms with van der Waals surface area (Å²) in [7, 11) is 1.24. The number of carbonyl (C=O) groups is 1. The maximum absolute atomic E-state index is 13.8. The minimum atomic E-state index is -0.755. The highest BCUT2D eigenvalue weighted by atomic mass is 35.5. The number of fused-ring (bicyclic) bond motifs is 1. The molecule has 0 aliphatic heterocycles. The number of aromatic nitrogens is 1. The molecule has 7 heteroatoms. The molecule has 106 valence electrons. The zero-order valence-electron chi connectivity index (χ0n) is 10.7. The van der Waals surface area contributed by atoms with E-state index in [-0.39, 0.29) is 32.4 Å². The predicted molar refractivity (Wildman–Crippen MR) is 74.2 cm³/mol. The van der Waals surface area contributed by atoms with Crippen LogP contribution in [0.2, 0.25) is 10.0 Å². The first-order valence-electron chi connectivity index (χ1n) is 5.69. The van der Waals surface area contributed by atoms with Crippen molar-refractivity contribution in [2.75, 3.05) is 13.7 Å². The van der Waals surface area contributed by atoms with E-state index in [1.165, 1.54) is 19.2 Å². The van der Waals surface area contributed by atoms with Gasteiger partial charge in [-0.15, -0.1) is 0 Å². The van der Waals surface area contributed by atoms with E-state index in [2.05, 4.69) is 9.72 Å². The van der Waals surface area contributed by atoms with E-state index in [1.807, 2.05) is 0 Å². The van der Waals surface area contributed by atoms with Crippen LogP contribution in [0.15, 0.2) is 12.1 Å². The number of rotatable bonds is 3. The molecule has 0 radical (unpaired) electrons. The van der Waals surface area contributed by atoms with Crippen LogP contribution in [0, 0.1) is 5.82 Å². The molecule has 2 aromatic rings. The third-order valence-corrected chi connectivity index (χ3v) is 3.22. The van der Waals surface area contributed by atoms with E-state index < -0.39 is 11.8 Å². The van der Waals surface area contributed by atoms with Crippen LogP contribution in [0.3, 0.4) is 0 Å². The molecule has 0 spiro atoms. The summed E-state index contributed by atoms with van der Waals surface area (Å²) in [6, 6.07) is 2.64. The summed E-state index contributed by atoms with van der Waals surface area (Å²) in [5.41, 5.74) is 0.287. The van der Waals surface area contributed by atoms with Crippen molar-refractivity contribution in [2.24, 2.45) is 0 Å². The van der Waals surface area contributed by atoms with Crippen LogP contribution in [-0.2, 0) is 4.74 Å². The second-order valence-corrected chi connectivity index (χ2v) is 4.60. The second kappa shape index (κ2) is 5.81. The van der Waals surface area contributed by atoms with Crippen molar-refractivity contribution in [3.8, 4) is 5.75 Å². The van der Waals surface area contributed by atoms with Crippen LogP contribution in [0.1, 0.15) is 17.4 Å². The maximum atomic E-state index is 13.8. The average Bonchev–Trinajstić information content (AvgIpc) is 2.43. The topological polar surface area (TPSA) is 48.4 Å². The summed E-state index contributed by atoms with van der Waals surface area (Å²) in [5.74, 6) is -1.14. The number of benzene rings is 1. The lowest BCUT2D eigenvalue weighted by atomic mass is 10.1. The lowest BCUT2D eigenvalue weighted by Crippen LogP contribution is -2.06. The molecule has 0 aliphatic rings. The Kier molecular flexibility index (Phi) is 4.30. The van der Waals surface area contributed by atoms with Gasteiger partial charge in [0.1, 0.15) is 5.75 Å². The van der Waals surface area contributed by atoms with Gasteiger partial charge in [-0.3, -0.25) is 0 Å². The van der Waals surface area contributed by atoms with E-state index >= 15 is 0 Å². The normalized spacial score (nSPS) is 10.7. The van der Waals surface area contributed by atoms with E-state index in [1.54, 1.807) is 6.92 Å². The van der Waals surface area contributed by atoms with Crippen LogP contribution in [-0.4, -0.2) is 24.7 Å². The number of methoxy groups -OCH3 is 1. The van der Waals surface area contributed by atoms with Gasteiger partial charge in [0.05, 0.1) is 34.7 Å². The van der Waals surface area contributed by atoms with Crippen LogP contribution in [0.4, 0.5) is 4.39 Å². The Labute approximate surface area is 124 Å². The molecule has 0 saturated heterocycles. The summed E-state index contributed by atoms with van der Waals surface area (Å²) >= 11 is 11.7. The van der Waals surface area contributed by atoms with Crippen molar-refractivity contribution in [3.05, 3.63) is 33.7 Å². The zero-order chi connectivity index (χ0) is 14.9. The number of hydrogen-bond acceptors (Lipinski definition) is 4. The van der Waals surface area contributed by atoms with Crippen molar-refractivity contribution in [3.63, 3.8) is 0 Å². The number of ether oxygens (including phenoxy) is 2. The number of halogens is 3. The van der Waals surface area contributed by atoms with Gasteiger partial charge in [-0.05, 0) is 13.0 Å². The van der Waals surface area contributed by atoms with E-state index in [4.69, 9.17) is 27.9 Å². The largest absolute Gasteiger partial charge is 0.493 e. The van der Waals surface area contributed by atoms with Crippen LogP contribution in [0.25, 0.3) is 10.9 Å². The van der Waals surface area contributed by atoms with Gasteiger partial charge >= 0.3 is 5.97 Å². The number of nitrogens with zero attached hydrogens (tertiary/aromatic N) is 1. The Morgan fingerprint density at radius 2 is 2.10 bits per heavy atom. The molecule has 0 atom stereocenters. The molecular formula is C13H10Cl2FNO3. The summed E-state index contributed by atoms with van der Waals surface area (Å²) in [5, 5.41) is -0.109. The molecule has 0 bridgehead atoms. The minimum absolute atomic E-state index is 0.0298. The Bertz CT molecular complexity index is 691. The SMILES string of the molecule is CCOc1cc(C(=O)OC)nc2cc(Cl)c(F)c(Cl)c12. The molecule has 2 rings (SSSR count). The summed E-state index contributed by atoms with van der Waals surface area (Å²) in [4.78, 5) is 15.6. The maximum Gasteiger partial charge on any atom is 0.356 e. The monoisotopic (exact) mass is 317 g/mol. The predicted octanol–water partition coefficient (Wildman–Crippen LogP) is 3.87. The Morgan fingerprint density at radius 3 is 2.70 bits per heavy atom. The van der Waals surface area contributed by atoms with Crippen molar-refractivity contribution in [1.82, 2.24) is 4.98 Å². The minimum Gasteiger partial charge on any atom is -0.493 e. The lowest BCUT2D eigenvalue weighted by molar-refractivity contribution is 0.0594. The molecule has 0 amide bonds. The van der Waals surface area contributed by atoms with Crippen LogP contribution < -0.4 is 4.74 Å². The standard InChI is InChI=1S/C13H10Cl2FNO3/c1-3-20-9-5-8(13(18)19-2)17-7-4-6(14)12(16)11(15)10(7)9/h4-5H,3H2,1-2H3. The molecule has 4 nitrogen and oxygen atoms in total. The fraction of sp³-hybridized carbons (Fsp3) is 0.231. The number of esters is 1. The van der Waals surface area contributed by atoms with Gasteiger partial charge in [0.2, 0.25) is 0 Å². The van der Waals surface area contributed by atoms with Crippen LogP contribution >= 0.6 is 23.2 Å². The third kappa shape index (κ3) is 2.51. The van der Waals surface area contributed by atoms with Gasteiger partial charge in [0.15, 0.2) is 11.5 Å². The molecule has 0 N–H and O–H groups in total. The first-order valence-corrected chi connectivity index (χ1v) is 6.44. The third-order valence-electron chi connectivity index (χ3n) is 2.59. The van der Waals surface area contributed by atoms with E-state index in [0.29, 0.717) is 6.61 Å². The molecule has 1 heterocycles. The van der Waals surface area contributed by atoms with Crippen LogP contribution in [0.5, 0.6) is 5.75 Å². The van der Waals surface area contributed by atoms with Gasteiger partial charge in [0, 0.05) is 6.07 Å². The molecule has 0 aliphatic carbocycles. The van der Waals surface area contributed by atoms with Gasteiger partial charge in [-0.25, -0.2) is 14.2 Å². The van der Waals surface area contributed by atoms with Crippen molar-refractivity contribution in [1.29, 1.82) is 0 Å². The Hall–Kier alpha value is -1.59. The molecule has 1 aromatic carbocycles. The van der Waals surface area contributed by atoms with Gasteiger partial charge in [-0.2, -0.15) is 0 Å². The molecule has 20 heavy (non-hydrogen) atoms. The van der Waals surface area contributed by atoms with Crippen molar-refractivity contribution >= 4 is 40.1 Å². The first-order chi connectivity index (χ1) is 9.49. The van der Waals surface area contributed by atoms with Gasteiger partial charge < -0.3 is 9.47 Å². The fourth-order valence-corrected chi connectivity index (χ4v) is 2.28. The summed E-state index contributed by atoms with van der Waals surface area (Å²) in [6.07, 6.45) is 0. The van der Waals surface area contributed by atoms with Crippen molar-refractivity contribution < 1.29 is 18.7 Å². The molecule has 0 saturated carbocycles. The van der Waals surface area contributed by atoms with Gasteiger partial charge in [-0.1, -0.05) is 23.2 Å². The molecule has 0 unspecified atom stereocenters. The Balaban J connectivity index is 2.81. The van der Waals surface area contributed by atoms with E-state index in [9.17, 15) is 9.18 Å². The highest BCUT2D eigenvalue weighted by molar-refractivity contribution is 6.39. The average molecular weight is 318 g/mol. The Morgan fingerprint density at radius 1 is 1.40 bits per heavy atom. The molecule has 0 fully saturated rings.